The molecule has 0 saturated heterocycles. The fraction of sp³-hybridized carbons (Fsp3) is 0.593. The Morgan fingerprint density at radius 3 is 1.21 bits per heavy atom. The molecule has 0 aliphatic carbocycles. The zero-order chi connectivity index (χ0) is 43.8. The van der Waals surface area contributed by atoms with Crippen LogP contribution in [0.1, 0.15) is 189 Å². The van der Waals surface area contributed by atoms with Crippen molar-refractivity contribution in [2.45, 2.75) is 183 Å². The summed E-state index contributed by atoms with van der Waals surface area (Å²) in [6.07, 6.45) is 27.2. The van der Waals surface area contributed by atoms with E-state index < -0.39 is 0 Å². The van der Waals surface area contributed by atoms with Crippen molar-refractivity contribution in [3.63, 3.8) is 0 Å². The first kappa shape index (κ1) is 49.3. The second-order valence-corrected chi connectivity index (χ2v) is 25.1. The predicted octanol–water partition coefficient (Wildman–Crippen LogP) is 15.3. The zero-order valence-electron chi connectivity index (χ0n) is 39.1. The first-order valence-electron chi connectivity index (χ1n) is 24.9. The van der Waals surface area contributed by atoms with Gasteiger partial charge in [0.2, 0.25) is 0 Å². The Balaban J connectivity index is 1.36. The number of amides is 2. The van der Waals surface area contributed by atoms with Crippen LogP contribution in [0.3, 0.4) is 0 Å². The first-order chi connectivity index (χ1) is 30.3. The number of hydrogen-bond donors (Lipinski definition) is 0. The van der Waals surface area contributed by atoms with E-state index in [0.29, 0.717) is 65.1 Å². The summed E-state index contributed by atoms with van der Waals surface area (Å²) >= 11 is 4.24. The molecule has 0 N–H and O–H groups in total. The number of hydrogen-bond acceptors (Lipinski definition) is 4. The number of unbranched alkanes of at least 4 members (excludes halogenated alkanes) is 12. The van der Waals surface area contributed by atoms with E-state index in [2.05, 4.69) is 99.9 Å². The van der Waals surface area contributed by atoms with Crippen LogP contribution in [0.4, 0.5) is 0 Å². The Morgan fingerprint density at radius 1 is 0.452 bits per heavy atom. The maximum absolute atomic E-state index is 15.3. The standard InChI is InChI=1S/C54H76N2O2S2Se2/c1-7-13-17-19-21-23-27-41-29-35-47(61-41)43-31-33-45(59-43)51-49-50(54(58)55(51)37-39(11-5)25-15-9-3)52(56(53(49)57)38-40(12-6)26-16-10-4)46-34-32-44(60-46)48-36-30-42(62-48)28-24-22-20-18-14-8-2/h29-36,39-40H,7-28,37-38H2,1-6H3. The Kier molecular flexibility index (Phi) is 20.3. The van der Waals surface area contributed by atoms with Crippen LogP contribution in [0, 0.1) is 11.8 Å². The fourth-order valence-electron chi connectivity index (χ4n) is 9.25. The van der Waals surface area contributed by atoms with Gasteiger partial charge in [0.25, 0.3) is 0 Å². The van der Waals surface area contributed by atoms with Gasteiger partial charge in [0, 0.05) is 0 Å². The molecule has 0 bridgehead atoms. The van der Waals surface area contributed by atoms with Gasteiger partial charge in [-0.25, -0.2) is 0 Å². The van der Waals surface area contributed by atoms with Crippen molar-refractivity contribution in [2.24, 2.45) is 11.8 Å². The Hall–Kier alpha value is -2.18. The van der Waals surface area contributed by atoms with Gasteiger partial charge < -0.3 is 0 Å². The van der Waals surface area contributed by atoms with E-state index in [0.717, 1.165) is 72.5 Å². The monoisotopic (exact) mass is 1010 g/mol. The van der Waals surface area contributed by atoms with Gasteiger partial charge in [-0.15, -0.1) is 0 Å². The van der Waals surface area contributed by atoms with Crippen LogP contribution in [0.2, 0.25) is 0 Å². The zero-order valence-corrected chi connectivity index (χ0v) is 44.1. The molecule has 338 valence electrons. The van der Waals surface area contributed by atoms with Crippen molar-refractivity contribution in [1.82, 2.24) is 9.80 Å². The number of thiophene rings is 2. The summed E-state index contributed by atoms with van der Waals surface area (Å²) < 4.78 is 6.06. The SMILES string of the molecule is CCCCCCCCc1ccc(-c2ccc(C3=C4C(=O)N(CC(CC)CCCC)C(c5ccc(-c6ccc(CCCCCCCC)[se]6)s5)=C4C(=O)N3CC(CC)CCCC)s2)[se]1. The normalized spacial score (nSPS) is 15.3. The fourth-order valence-corrected chi connectivity index (χ4v) is 16.3. The second kappa shape index (κ2) is 25.5. The molecule has 0 aromatic carbocycles. The summed E-state index contributed by atoms with van der Waals surface area (Å²) in [6, 6.07) is 18.5. The molecule has 2 aliphatic heterocycles. The average Bonchev–Trinajstić information content (AvgIpc) is 4.15. The molecule has 0 radical (unpaired) electrons. The van der Waals surface area contributed by atoms with Crippen molar-refractivity contribution in [3.05, 3.63) is 78.3 Å². The summed E-state index contributed by atoms with van der Waals surface area (Å²) in [5.41, 5.74) is 3.06. The molecule has 2 unspecified atom stereocenters. The quantitative estimate of drug-likeness (QED) is 0.0386. The van der Waals surface area contributed by atoms with Gasteiger partial charge in [0.05, 0.1) is 0 Å². The minimum absolute atomic E-state index is 0.0293. The van der Waals surface area contributed by atoms with Crippen LogP contribution in [-0.2, 0) is 22.4 Å². The number of rotatable bonds is 30. The molecule has 4 nitrogen and oxygen atoms in total. The van der Waals surface area contributed by atoms with Crippen molar-refractivity contribution in [2.75, 3.05) is 13.1 Å². The Morgan fingerprint density at radius 2 is 0.823 bits per heavy atom. The van der Waals surface area contributed by atoms with Crippen molar-refractivity contribution in [3.8, 4) is 18.6 Å². The molecule has 6 heterocycles. The number of fused-ring (bicyclic) bond motifs is 1. The van der Waals surface area contributed by atoms with Gasteiger partial charge in [0.1, 0.15) is 0 Å². The molecule has 2 atom stereocenters. The van der Waals surface area contributed by atoms with Crippen LogP contribution >= 0.6 is 22.7 Å². The molecule has 2 amide bonds. The van der Waals surface area contributed by atoms with Gasteiger partial charge in [-0.3, -0.25) is 0 Å². The summed E-state index contributed by atoms with van der Waals surface area (Å²) in [6.45, 7) is 14.9. The molecule has 6 rings (SSSR count). The third-order valence-electron chi connectivity index (χ3n) is 13.2. The summed E-state index contributed by atoms with van der Waals surface area (Å²) in [7, 11) is 0. The first-order valence-corrected chi connectivity index (χ1v) is 29.9. The van der Waals surface area contributed by atoms with E-state index in [1.54, 1.807) is 31.5 Å². The van der Waals surface area contributed by atoms with Gasteiger partial charge >= 0.3 is 399 Å². The third-order valence-corrected chi connectivity index (χ3v) is 21.0. The van der Waals surface area contributed by atoms with Crippen LogP contribution in [0.25, 0.3) is 30.0 Å². The number of aryl methyl sites for hydroxylation is 2. The minimum atomic E-state index is 0.0293. The maximum atomic E-state index is 15.3. The summed E-state index contributed by atoms with van der Waals surface area (Å²) in [5.74, 6) is 0.835. The Bertz CT molecular complexity index is 1930. The molecule has 4 aromatic heterocycles. The Labute approximate surface area is 396 Å². The number of carbonyl (C=O) groups excluding carboxylic acids is 2. The molecular weight excluding hydrogens is 931 g/mol. The van der Waals surface area contributed by atoms with Crippen LogP contribution in [0.15, 0.2) is 59.7 Å². The topological polar surface area (TPSA) is 40.6 Å². The van der Waals surface area contributed by atoms with E-state index >= 15 is 9.59 Å². The summed E-state index contributed by atoms with van der Waals surface area (Å²) in [5, 5.41) is 0. The van der Waals surface area contributed by atoms with Gasteiger partial charge in [-0.2, -0.15) is 0 Å². The van der Waals surface area contributed by atoms with E-state index in [4.69, 9.17) is 0 Å². The third kappa shape index (κ3) is 12.6. The molecular formula is C54H76N2O2S2Se2. The molecule has 8 heteroatoms. The van der Waals surface area contributed by atoms with E-state index in [-0.39, 0.29) is 11.8 Å². The summed E-state index contributed by atoms with van der Waals surface area (Å²) in [4.78, 5) is 39.4. The van der Waals surface area contributed by atoms with Crippen LogP contribution in [-0.4, -0.2) is 63.7 Å². The van der Waals surface area contributed by atoms with Gasteiger partial charge in [-0.05, 0) is 0 Å². The van der Waals surface area contributed by atoms with E-state index in [1.165, 1.54) is 109 Å². The predicted molar refractivity (Wildman–Crippen MR) is 271 cm³/mol. The van der Waals surface area contributed by atoms with Crippen LogP contribution in [0.5, 0.6) is 0 Å². The van der Waals surface area contributed by atoms with E-state index in [9.17, 15) is 0 Å². The second-order valence-electron chi connectivity index (χ2n) is 18.0. The molecule has 0 saturated carbocycles. The van der Waals surface area contributed by atoms with E-state index in [1.807, 2.05) is 0 Å². The van der Waals surface area contributed by atoms with Crippen molar-refractivity contribution < 1.29 is 9.59 Å². The number of nitrogens with zero attached hydrogens (tertiary/aromatic N) is 2. The average molecular weight is 1010 g/mol. The van der Waals surface area contributed by atoms with Gasteiger partial charge in [0.15, 0.2) is 0 Å². The molecule has 62 heavy (non-hydrogen) atoms. The van der Waals surface area contributed by atoms with Crippen LogP contribution < -0.4 is 0 Å². The molecule has 0 fully saturated rings. The van der Waals surface area contributed by atoms with Gasteiger partial charge in [-0.1, -0.05) is 0 Å². The molecule has 0 spiro atoms. The number of carbonyl (C=O) groups is 2. The molecule has 2 aliphatic rings. The van der Waals surface area contributed by atoms with Crippen molar-refractivity contribution in [1.29, 1.82) is 0 Å². The van der Waals surface area contributed by atoms with Crippen molar-refractivity contribution >= 4 is 74.9 Å². The molecule has 4 aromatic rings.